The quantitative estimate of drug-likeness (QED) is 0.384. The van der Waals surface area contributed by atoms with Gasteiger partial charge in [0.15, 0.2) is 0 Å². The Kier molecular flexibility index (Phi) is 1.91. The maximum atomic E-state index is 12.0. The lowest BCUT2D eigenvalue weighted by molar-refractivity contribution is -0.0596. The van der Waals surface area contributed by atoms with Crippen LogP contribution in [0, 0.1) is 22.5 Å². The van der Waals surface area contributed by atoms with E-state index < -0.39 is 12.5 Å². The van der Waals surface area contributed by atoms with E-state index in [-0.39, 0.29) is 11.9 Å². The highest BCUT2D eigenvalue weighted by atomic mass is 19.4. The second-order valence-electron chi connectivity index (χ2n) is 1.56. The highest BCUT2D eigenvalue weighted by Crippen LogP contribution is 2.28. The van der Waals surface area contributed by atoms with Crippen LogP contribution < -0.4 is 0 Å². The van der Waals surface area contributed by atoms with Crippen LogP contribution in [0.3, 0.4) is 0 Å². The Morgan fingerprint density at radius 2 is 1.40 bits per heavy atom. The molecule has 0 aromatic heterocycles. The summed E-state index contributed by atoms with van der Waals surface area (Å²) in [5.74, 6) is 0.556. The van der Waals surface area contributed by atoms with Crippen LogP contribution >= 0.6 is 0 Å². The largest absolute Gasteiger partial charge is 0.474 e. The summed E-state index contributed by atoms with van der Waals surface area (Å²) in [6.07, 6.45) is -10.4. The van der Waals surface area contributed by atoms with Crippen LogP contribution in [0.4, 0.5) is 17.5 Å². The van der Waals surface area contributed by atoms with Crippen molar-refractivity contribution in [2.75, 3.05) is 0 Å². The van der Waals surface area contributed by atoms with Crippen molar-refractivity contribution in [2.24, 2.45) is 0 Å². The van der Waals surface area contributed by atoms with Crippen molar-refractivity contribution < 1.29 is 17.5 Å². The first-order valence-electron chi connectivity index (χ1n) is 2.10. The second-order valence-corrected chi connectivity index (χ2v) is 1.56. The predicted octanol–water partition coefficient (Wildman–Crippen LogP) is 1.13. The summed E-state index contributed by atoms with van der Waals surface area (Å²) in [6.45, 7) is 0. The molecule has 0 heterocycles. The maximum Gasteiger partial charge on any atom is 0.447 e. The molecule has 7 heteroatoms. The van der Waals surface area contributed by atoms with Gasteiger partial charge in [0, 0.05) is 0 Å². The fourth-order valence-corrected chi connectivity index (χ4v) is 0.175. The molecule has 0 aromatic carbocycles. The van der Waals surface area contributed by atoms with Gasteiger partial charge in [-0.3, -0.25) is 0 Å². The Morgan fingerprint density at radius 1 is 1.10 bits per heavy atom. The molecular weight excluding hydrogens is 151 g/mol. The van der Waals surface area contributed by atoms with Crippen molar-refractivity contribution in [3.05, 3.63) is 0 Å². The van der Waals surface area contributed by atoms with Crippen molar-refractivity contribution in [1.29, 1.82) is 10.5 Å². The monoisotopic (exact) mass is 151 g/mol. The van der Waals surface area contributed by atoms with Crippen LogP contribution in [-0.4, -0.2) is 12.5 Å². The summed E-state index contributed by atoms with van der Waals surface area (Å²) in [5, 5.41) is 15.2. The fourth-order valence-electron chi connectivity index (χ4n) is 0.175. The molecule has 54 valence electrons. The zero-order chi connectivity index (χ0) is 8.41. The molecule has 0 spiro atoms. The third-order valence-electron chi connectivity index (χ3n) is 0.807. The molecule has 0 atom stereocenters. The van der Waals surface area contributed by atoms with Crippen LogP contribution in [0.5, 0.6) is 0 Å². The highest BCUT2D eigenvalue weighted by Gasteiger charge is 2.51. The number of rotatable bonds is 0. The molecule has 2 nitrogen and oxygen atoms in total. The topological polar surface area (TPSA) is 47.6 Å². The van der Waals surface area contributed by atoms with Gasteiger partial charge in [-0.05, 0) is 0 Å². The Balaban J connectivity index is 4.77. The van der Waals surface area contributed by atoms with Gasteiger partial charge < -0.3 is 4.32 Å². The van der Waals surface area contributed by atoms with Crippen molar-refractivity contribution in [3.8, 4) is 11.9 Å². The lowest BCUT2D eigenvalue weighted by Gasteiger charge is -2.19. The Hall–Kier alpha value is -1.24. The van der Waals surface area contributed by atoms with Gasteiger partial charge in [0.1, 0.15) is 0 Å². The molecule has 0 unspecified atom stereocenters. The third kappa shape index (κ3) is 1.19. The number of nitriles is 2. The van der Waals surface area contributed by atoms with Gasteiger partial charge >= 0.3 is 12.5 Å². The first kappa shape index (κ1) is 8.76. The molecule has 0 saturated carbocycles. The third-order valence-corrected chi connectivity index (χ3v) is 0.807. The summed E-state index contributed by atoms with van der Waals surface area (Å²) >= 11 is 0. The average Bonchev–Trinajstić information content (AvgIpc) is 1.84. The van der Waals surface area contributed by atoms with Crippen molar-refractivity contribution in [2.45, 2.75) is 6.08 Å². The van der Waals surface area contributed by atoms with E-state index in [0.29, 0.717) is 0 Å². The van der Waals surface area contributed by atoms with E-state index in [4.69, 9.17) is 10.5 Å². The van der Waals surface area contributed by atoms with Crippen molar-refractivity contribution in [3.63, 3.8) is 0 Å². The van der Waals surface area contributed by atoms with Gasteiger partial charge in [0.05, 0.1) is 0 Å². The Morgan fingerprint density at radius 3 is 1.40 bits per heavy atom. The van der Waals surface area contributed by atoms with E-state index in [2.05, 4.69) is 0 Å². The summed E-state index contributed by atoms with van der Waals surface area (Å²) in [6, 6.07) is 0. The van der Waals surface area contributed by atoms with E-state index in [1.807, 2.05) is 0 Å². The summed E-state index contributed by atoms with van der Waals surface area (Å²) in [7, 11) is 0. The van der Waals surface area contributed by atoms with Crippen molar-refractivity contribution in [1.82, 2.24) is 0 Å². The first-order chi connectivity index (χ1) is 4.37. The maximum absolute atomic E-state index is 12.0. The smallest absolute Gasteiger partial charge is 0.447 e. The molecule has 0 rings (SSSR count). The van der Waals surface area contributed by atoms with Gasteiger partial charge in [-0.15, -0.1) is 0 Å². The molecular formula is C3BF4N2-. The minimum absolute atomic E-state index is 0.278. The van der Waals surface area contributed by atoms with Crippen LogP contribution in [-0.2, 0) is 0 Å². The van der Waals surface area contributed by atoms with Gasteiger partial charge in [-0.25, -0.2) is 23.7 Å². The number of halogens is 4. The molecule has 0 aliphatic rings. The molecule has 10 heavy (non-hydrogen) atoms. The fraction of sp³-hybridized carbons (Fsp3) is 0.333. The van der Waals surface area contributed by atoms with E-state index in [1.165, 1.54) is 0 Å². The molecule has 0 bridgehead atoms. The van der Waals surface area contributed by atoms with E-state index in [1.54, 1.807) is 0 Å². The number of hydrogen-bond donors (Lipinski definition) is 0. The first-order valence-corrected chi connectivity index (χ1v) is 2.10. The zero-order valence-corrected chi connectivity index (χ0v) is 4.48. The predicted molar refractivity (Wildman–Crippen MR) is 24.1 cm³/mol. The minimum Gasteiger partial charge on any atom is -0.474 e. The lowest BCUT2D eigenvalue weighted by atomic mass is 9.46. The molecule has 0 aliphatic heterocycles. The number of alkyl halides is 3. The molecule has 0 fully saturated rings. The number of nitrogens with zero attached hydrogens (tertiary/aromatic N) is 2. The normalized spacial score (nSPS) is 11.8. The van der Waals surface area contributed by atoms with E-state index in [0.717, 1.165) is 0 Å². The van der Waals surface area contributed by atoms with Gasteiger partial charge in [0.2, 0.25) is 0 Å². The minimum atomic E-state index is -5.37. The SMILES string of the molecule is N#C[B-](F)(C#N)C(F)(F)F. The zero-order valence-electron chi connectivity index (χ0n) is 4.48. The summed E-state index contributed by atoms with van der Waals surface area (Å²) in [4.78, 5) is 0. The molecule has 0 aromatic rings. The molecule has 0 amide bonds. The second kappa shape index (κ2) is 2.18. The summed E-state index contributed by atoms with van der Waals surface area (Å²) in [5.41, 5.74) is 0. The Labute approximate surface area is 53.6 Å². The molecule has 0 N–H and O–H groups in total. The molecule has 0 radical (unpaired) electrons. The summed E-state index contributed by atoms with van der Waals surface area (Å²) < 4.78 is 45.9. The molecule has 0 aliphatic carbocycles. The Bertz CT molecular complexity index is 194. The van der Waals surface area contributed by atoms with Crippen LogP contribution in [0.25, 0.3) is 0 Å². The van der Waals surface area contributed by atoms with Crippen LogP contribution in [0.2, 0.25) is 0 Å². The number of hydrogen-bond acceptors (Lipinski definition) is 2. The van der Waals surface area contributed by atoms with Crippen LogP contribution in [0.1, 0.15) is 0 Å². The van der Waals surface area contributed by atoms with E-state index >= 15 is 0 Å². The molecule has 0 saturated heterocycles. The standard InChI is InChI=1S/C3BF4N2/c5-3(6,7)4(8,1-9)2-10/q-1. The van der Waals surface area contributed by atoms with Crippen LogP contribution in [0.15, 0.2) is 0 Å². The van der Waals surface area contributed by atoms with Gasteiger partial charge in [-0.1, -0.05) is 11.9 Å². The van der Waals surface area contributed by atoms with Crippen molar-refractivity contribution >= 4 is 6.42 Å². The lowest BCUT2D eigenvalue weighted by Crippen LogP contribution is -2.44. The highest BCUT2D eigenvalue weighted by molar-refractivity contribution is 6.89. The van der Waals surface area contributed by atoms with E-state index in [9.17, 15) is 17.5 Å². The van der Waals surface area contributed by atoms with Gasteiger partial charge in [-0.2, -0.15) is 0 Å². The average molecular weight is 151 g/mol. The van der Waals surface area contributed by atoms with Gasteiger partial charge in [0.25, 0.3) is 0 Å².